The Hall–Kier alpha value is -2.14. The standard InChI is InChI=1S/C19H24N2O3/c1-24-16-5-3-15-4-6-18(23)21(17(15)13-16)12-2-7-19(14-22)8-10-20-11-9-19/h3-6,13-14,20H,2,7-12H2,1H3. The van der Waals surface area contributed by atoms with Crippen LogP contribution in [-0.4, -0.2) is 31.1 Å². The summed E-state index contributed by atoms with van der Waals surface area (Å²) in [5.41, 5.74) is 0.644. The highest BCUT2D eigenvalue weighted by Crippen LogP contribution is 2.32. The van der Waals surface area contributed by atoms with Gasteiger partial charge in [0.15, 0.2) is 0 Å². The molecule has 1 N–H and O–H groups in total. The van der Waals surface area contributed by atoms with Crippen molar-refractivity contribution in [1.82, 2.24) is 9.88 Å². The summed E-state index contributed by atoms with van der Waals surface area (Å²) < 4.78 is 7.07. The quantitative estimate of drug-likeness (QED) is 0.827. The van der Waals surface area contributed by atoms with Crippen molar-refractivity contribution in [3.8, 4) is 5.75 Å². The van der Waals surface area contributed by atoms with Crippen LogP contribution in [0.15, 0.2) is 35.1 Å². The van der Waals surface area contributed by atoms with E-state index < -0.39 is 0 Å². The predicted octanol–water partition coefficient (Wildman–Crippen LogP) is 2.36. The number of fused-ring (bicyclic) bond motifs is 1. The molecule has 0 saturated carbocycles. The van der Waals surface area contributed by atoms with E-state index >= 15 is 0 Å². The van der Waals surface area contributed by atoms with Crippen LogP contribution in [0.1, 0.15) is 25.7 Å². The Morgan fingerprint density at radius 1 is 1.25 bits per heavy atom. The van der Waals surface area contributed by atoms with Gasteiger partial charge < -0.3 is 19.4 Å². The van der Waals surface area contributed by atoms with Gasteiger partial charge in [-0.1, -0.05) is 0 Å². The van der Waals surface area contributed by atoms with Gasteiger partial charge in [0.1, 0.15) is 12.0 Å². The number of ether oxygens (including phenoxy) is 1. The van der Waals surface area contributed by atoms with Crippen LogP contribution in [0.2, 0.25) is 0 Å². The topological polar surface area (TPSA) is 60.3 Å². The van der Waals surface area contributed by atoms with Gasteiger partial charge in [0.25, 0.3) is 5.56 Å². The van der Waals surface area contributed by atoms with Crippen molar-refractivity contribution < 1.29 is 9.53 Å². The van der Waals surface area contributed by atoms with Gasteiger partial charge in [0.05, 0.1) is 12.6 Å². The fraction of sp³-hybridized carbons (Fsp3) is 0.474. The largest absolute Gasteiger partial charge is 0.497 e. The molecule has 1 aliphatic rings. The summed E-state index contributed by atoms with van der Waals surface area (Å²) in [7, 11) is 1.62. The van der Waals surface area contributed by atoms with Crippen molar-refractivity contribution in [3.05, 3.63) is 40.7 Å². The molecule has 128 valence electrons. The molecule has 2 heterocycles. The van der Waals surface area contributed by atoms with Crippen molar-refractivity contribution in [2.24, 2.45) is 5.41 Å². The summed E-state index contributed by atoms with van der Waals surface area (Å²) in [6.07, 6.45) is 4.53. The first-order chi connectivity index (χ1) is 11.7. The number of aryl methyl sites for hydroxylation is 1. The molecule has 1 fully saturated rings. The van der Waals surface area contributed by atoms with E-state index in [0.29, 0.717) is 6.54 Å². The molecule has 5 nitrogen and oxygen atoms in total. The monoisotopic (exact) mass is 328 g/mol. The molecule has 0 atom stereocenters. The number of aromatic nitrogens is 1. The molecule has 0 radical (unpaired) electrons. The van der Waals surface area contributed by atoms with Gasteiger partial charge in [-0.05, 0) is 62.4 Å². The summed E-state index contributed by atoms with van der Waals surface area (Å²) >= 11 is 0. The maximum Gasteiger partial charge on any atom is 0.251 e. The molecule has 1 aromatic heterocycles. The molecule has 0 unspecified atom stereocenters. The van der Waals surface area contributed by atoms with E-state index in [0.717, 1.165) is 61.7 Å². The van der Waals surface area contributed by atoms with Crippen molar-refractivity contribution in [2.75, 3.05) is 20.2 Å². The van der Waals surface area contributed by atoms with Gasteiger partial charge in [-0.2, -0.15) is 0 Å². The number of rotatable bonds is 6. The molecule has 0 bridgehead atoms. The number of nitrogens with zero attached hydrogens (tertiary/aromatic N) is 1. The average molecular weight is 328 g/mol. The number of carbonyl (C=O) groups is 1. The Kier molecular flexibility index (Phi) is 5.00. The van der Waals surface area contributed by atoms with Crippen molar-refractivity contribution in [2.45, 2.75) is 32.2 Å². The molecule has 3 rings (SSSR count). The summed E-state index contributed by atoms with van der Waals surface area (Å²) in [6.45, 7) is 2.40. The normalized spacial score (nSPS) is 16.9. The van der Waals surface area contributed by atoms with Gasteiger partial charge in [0.2, 0.25) is 0 Å². The molecule has 1 aromatic carbocycles. The number of nitrogens with one attached hydrogen (secondary N) is 1. The molecule has 24 heavy (non-hydrogen) atoms. The van der Waals surface area contributed by atoms with E-state index in [9.17, 15) is 9.59 Å². The highest BCUT2D eigenvalue weighted by atomic mass is 16.5. The minimum absolute atomic E-state index is 0.0128. The molecule has 1 aliphatic heterocycles. The third kappa shape index (κ3) is 3.36. The first-order valence-electron chi connectivity index (χ1n) is 8.52. The molecule has 2 aromatic rings. The lowest BCUT2D eigenvalue weighted by Gasteiger charge is -2.32. The number of methoxy groups -OCH3 is 1. The van der Waals surface area contributed by atoms with Gasteiger partial charge >= 0.3 is 0 Å². The lowest BCUT2D eigenvalue weighted by molar-refractivity contribution is -0.118. The maximum absolute atomic E-state index is 12.3. The van der Waals surface area contributed by atoms with E-state index in [4.69, 9.17) is 4.74 Å². The first kappa shape index (κ1) is 16.7. The van der Waals surface area contributed by atoms with Gasteiger partial charge in [-0.15, -0.1) is 0 Å². The van der Waals surface area contributed by atoms with E-state index in [2.05, 4.69) is 5.32 Å². The number of hydrogen-bond acceptors (Lipinski definition) is 4. The van der Waals surface area contributed by atoms with Crippen molar-refractivity contribution in [3.63, 3.8) is 0 Å². The zero-order chi connectivity index (χ0) is 17.0. The van der Waals surface area contributed by atoms with Crippen molar-refractivity contribution in [1.29, 1.82) is 0 Å². The van der Waals surface area contributed by atoms with Crippen LogP contribution in [0.25, 0.3) is 10.9 Å². The first-order valence-corrected chi connectivity index (χ1v) is 8.52. The van der Waals surface area contributed by atoms with E-state index in [1.54, 1.807) is 17.7 Å². The number of benzene rings is 1. The number of carbonyl (C=O) groups excluding carboxylic acids is 1. The van der Waals surface area contributed by atoms with Crippen molar-refractivity contribution >= 4 is 17.2 Å². The van der Waals surface area contributed by atoms with Gasteiger partial charge in [-0.25, -0.2) is 0 Å². The summed E-state index contributed by atoms with van der Waals surface area (Å²) in [6, 6.07) is 9.20. The summed E-state index contributed by atoms with van der Waals surface area (Å²) in [4.78, 5) is 23.9. The van der Waals surface area contributed by atoms with Gasteiger partial charge in [-0.3, -0.25) is 4.79 Å². The molecule has 0 amide bonds. The number of aldehydes is 1. The van der Waals surface area contributed by atoms with E-state index in [1.165, 1.54) is 0 Å². The minimum Gasteiger partial charge on any atom is -0.497 e. The van der Waals surface area contributed by atoms with Crippen LogP contribution in [0.4, 0.5) is 0 Å². The Morgan fingerprint density at radius 3 is 2.71 bits per heavy atom. The van der Waals surface area contributed by atoms with Gasteiger partial charge in [0, 0.05) is 24.1 Å². The number of pyridine rings is 1. The molecule has 1 saturated heterocycles. The fourth-order valence-electron chi connectivity index (χ4n) is 3.57. The lowest BCUT2D eigenvalue weighted by Crippen LogP contribution is -2.38. The SMILES string of the molecule is COc1ccc2ccc(=O)n(CCCC3(C=O)CCNCC3)c2c1. The minimum atomic E-state index is -0.225. The molecule has 0 aliphatic carbocycles. The van der Waals surface area contributed by atoms with Crippen LogP contribution < -0.4 is 15.6 Å². The maximum atomic E-state index is 12.3. The number of piperidine rings is 1. The van der Waals surface area contributed by atoms with Crippen LogP contribution in [0.3, 0.4) is 0 Å². The van der Waals surface area contributed by atoms with E-state index in [-0.39, 0.29) is 11.0 Å². The Balaban J connectivity index is 1.80. The zero-order valence-electron chi connectivity index (χ0n) is 14.1. The molecular weight excluding hydrogens is 304 g/mol. The smallest absolute Gasteiger partial charge is 0.251 e. The highest BCUT2D eigenvalue weighted by molar-refractivity contribution is 5.80. The van der Waals surface area contributed by atoms with Crippen LogP contribution in [0, 0.1) is 5.41 Å². The Bertz CT molecular complexity index is 776. The Morgan fingerprint density at radius 2 is 2.00 bits per heavy atom. The average Bonchev–Trinajstić information content (AvgIpc) is 2.64. The second kappa shape index (κ2) is 7.18. The lowest BCUT2D eigenvalue weighted by atomic mass is 9.77. The van der Waals surface area contributed by atoms with Crippen LogP contribution in [-0.2, 0) is 11.3 Å². The molecular formula is C19H24N2O3. The van der Waals surface area contributed by atoms with Crippen LogP contribution >= 0.6 is 0 Å². The highest BCUT2D eigenvalue weighted by Gasteiger charge is 2.30. The third-order valence-electron chi connectivity index (χ3n) is 5.11. The summed E-state index contributed by atoms with van der Waals surface area (Å²) in [5, 5.41) is 4.32. The number of hydrogen-bond donors (Lipinski definition) is 1. The van der Waals surface area contributed by atoms with Crippen LogP contribution in [0.5, 0.6) is 5.75 Å². The predicted molar refractivity (Wildman–Crippen MR) is 94.6 cm³/mol. The molecule has 0 spiro atoms. The van der Waals surface area contributed by atoms with E-state index in [1.807, 2.05) is 24.3 Å². The molecule has 5 heteroatoms. The second-order valence-electron chi connectivity index (χ2n) is 6.58. The summed E-state index contributed by atoms with van der Waals surface area (Å²) in [5.74, 6) is 0.740. The fourth-order valence-corrected chi connectivity index (χ4v) is 3.57. The third-order valence-corrected chi connectivity index (χ3v) is 5.11. The zero-order valence-corrected chi connectivity index (χ0v) is 14.1. The Labute approximate surface area is 141 Å². The second-order valence-corrected chi connectivity index (χ2v) is 6.58.